The zero-order valence-electron chi connectivity index (χ0n) is 16.0. The van der Waals surface area contributed by atoms with E-state index in [1.165, 1.54) is 30.2 Å². The number of hydrogen-bond acceptors (Lipinski definition) is 2. The molecule has 0 saturated heterocycles. The van der Waals surface area contributed by atoms with Gasteiger partial charge in [0.2, 0.25) is 6.71 Å². The van der Waals surface area contributed by atoms with Gasteiger partial charge in [-0.3, -0.25) is 0 Å². The van der Waals surface area contributed by atoms with Crippen molar-refractivity contribution in [3.63, 3.8) is 0 Å². The van der Waals surface area contributed by atoms with Crippen molar-refractivity contribution in [1.29, 1.82) is 5.26 Å². The molecule has 3 rings (SSSR count). The minimum Gasteiger partial charge on any atom is -0.324 e. The first-order valence-electron chi connectivity index (χ1n) is 8.86. The molecule has 0 N–H and O–H groups in total. The highest BCUT2D eigenvalue weighted by Crippen LogP contribution is 2.29. The van der Waals surface area contributed by atoms with Crippen molar-refractivity contribution in [3.8, 4) is 6.07 Å². The zero-order valence-corrected chi connectivity index (χ0v) is 16.0. The van der Waals surface area contributed by atoms with Gasteiger partial charge in [-0.25, -0.2) is 4.98 Å². The van der Waals surface area contributed by atoms with Crippen molar-refractivity contribution in [1.82, 2.24) is 9.55 Å². The van der Waals surface area contributed by atoms with E-state index in [4.69, 9.17) is 5.26 Å². The minimum atomic E-state index is -4.52. The highest BCUT2D eigenvalue weighted by atomic mass is 19.4. The average molecular weight is 435 g/mol. The topological polar surface area (TPSA) is 41.6 Å². The van der Waals surface area contributed by atoms with Crippen LogP contribution in [0.2, 0.25) is 0 Å². The lowest BCUT2D eigenvalue weighted by atomic mass is 9.41. The third-order valence-corrected chi connectivity index (χ3v) is 4.19. The Morgan fingerprint density at radius 3 is 1.84 bits per heavy atom. The average Bonchev–Trinajstić information content (AvgIpc) is 3.22. The van der Waals surface area contributed by atoms with E-state index in [9.17, 15) is 26.3 Å². The normalized spacial score (nSPS) is 11.1. The Morgan fingerprint density at radius 2 is 1.48 bits per heavy atom. The lowest BCUT2D eigenvalue weighted by molar-refractivity contribution is -0.138. The number of nitriles is 1. The SMILES string of the molecule is C=CB(c1cccc(C(F)(F)F)c1)c1cccc(C(F)(F)F)c1.N#CCn1ccnc1. The lowest BCUT2D eigenvalue weighted by Gasteiger charge is -2.15. The van der Waals surface area contributed by atoms with E-state index in [-0.39, 0.29) is 10.9 Å². The molecular weight excluding hydrogens is 419 g/mol. The molecule has 0 aliphatic rings. The molecule has 0 fully saturated rings. The highest BCUT2D eigenvalue weighted by molar-refractivity contribution is 6.89. The van der Waals surface area contributed by atoms with Crippen LogP contribution in [0, 0.1) is 11.3 Å². The molecule has 0 unspecified atom stereocenters. The molecule has 0 aliphatic carbocycles. The van der Waals surface area contributed by atoms with E-state index < -0.39 is 30.2 Å². The van der Waals surface area contributed by atoms with Gasteiger partial charge >= 0.3 is 12.4 Å². The first-order chi connectivity index (χ1) is 14.6. The Kier molecular flexibility index (Phi) is 7.69. The second-order valence-electron chi connectivity index (χ2n) is 6.35. The van der Waals surface area contributed by atoms with Crippen molar-refractivity contribution in [2.45, 2.75) is 18.9 Å². The maximum Gasteiger partial charge on any atom is 0.416 e. The maximum absolute atomic E-state index is 12.8. The van der Waals surface area contributed by atoms with Gasteiger partial charge in [-0.1, -0.05) is 59.5 Å². The number of aromatic nitrogens is 2. The largest absolute Gasteiger partial charge is 0.416 e. The van der Waals surface area contributed by atoms with Crippen molar-refractivity contribution in [2.24, 2.45) is 0 Å². The summed E-state index contributed by atoms with van der Waals surface area (Å²) in [4.78, 5) is 3.75. The van der Waals surface area contributed by atoms with Gasteiger partial charge in [0.1, 0.15) is 6.54 Å². The van der Waals surface area contributed by atoms with E-state index in [0.717, 1.165) is 24.3 Å². The van der Waals surface area contributed by atoms with Gasteiger partial charge in [0.05, 0.1) is 23.5 Å². The van der Waals surface area contributed by atoms with Gasteiger partial charge in [-0.15, -0.1) is 12.6 Å². The van der Waals surface area contributed by atoms with Crippen LogP contribution < -0.4 is 10.9 Å². The summed E-state index contributed by atoms with van der Waals surface area (Å²) in [6.45, 7) is 3.16. The second-order valence-corrected chi connectivity index (χ2v) is 6.35. The summed E-state index contributed by atoms with van der Waals surface area (Å²) in [5.74, 6) is 1.32. The van der Waals surface area contributed by atoms with Crippen LogP contribution in [0.15, 0.2) is 79.8 Å². The molecule has 0 aliphatic heterocycles. The molecule has 0 amide bonds. The molecule has 0 bridgehead atoms. The van der Waals surface area contributed by atoms with Crippen LogP contribution in [0.3, 0.4) is 0 Å². The van der Waals surface area contributed by atoms with Gasteiger partial charge < -0.3 is 4.57 Å². The lowest BCUT2D eigenvalue weighted by Crippen LogP contribution is -2.41. The standard InChI is InChI=1S/C16H11BF6.C5H5N3/c1-2-17(13-7-3-5-11(9-13)15(18,19)20)14-8-4-6-12(10-14)16(21,22)23;6-1-3-8-4-2-7-5-8/h2-10H,1H2;2,4-5H,3H2. The number of benzene rings is 2. The third kappa shape index (κ3) is 6.78. The first kappa shape index (κ1) is 23.8. The fraction of sp³-hybridized carbons (Fsp3) is 0.143. The molecule has 160 valence electrons. The molecule has 3 aromatic rings. The molecule has 3 nitrogen and oxygen atoms in total. The molecule has 1 heterocycles. The molecule has 0 saturated carbocycles. The van der Waals surface area contributed by atoms with E-state index in [1.54, 1.807) is 23.3 Å². The molecule has 0 radical (unpaired) electrons. The Balaban J connectivity index is 0.000000357. The molecule has 0 atom stereocenters. The molecular formula is C21H16BF6N3. The van der Waals surface area contributed by atoms with Crippen LogP contribution in [0.4, 0.5) is 26.3 Å². The summed E-state index contributed by atoms with van der Waals surface area (Å²) in [5.41, 5.74) is -1.24. The van der Waals surface area contributed by atoms with E-state index >= 15 is 0 Å². The van der Waals surface area contributed by atoms with Gasteiger partial charge in [0, 0.05) is 12.4 Å². The monoisotopic (exact) mass is 435 g/mol. The summed E-state index contributed by atoms with van der Waals surface area (Å²) in [6, 6.07) is 11.0. The van der Waals surface area contributed by atoms with Crippen LogP contribution >= 0.6 is 0 Å². The fourth-order valence-electron chi connectivity index (χ4n) is 2.74. The predicted octanol–water partition coefficient (Wildman–Crippen LogP) is 4.47. The predicted molar refractivity (Wildman–Crippen MR) is 106 cm³/mol. The molecule has 2 aromatic carbocycles. The number of alkyl halides is 6. The quantitative estimate of drug-likeness (QED) is 0.449. The van der Waals surface area contributed by atoms with Gasteiger partial charge in [0.25, 0.3) is 0 Å². The molecule has 1 aromatic heterocycles. The smallest absolute Gasteiger partial charge is 0.324 e. The molecule has 0 spiro atoms. The zero-order chi connectivity index (χ0) is 23.1. The first-order valence-corrected chi connectivity index (χ1v) is 8.86. The molecule has 10 heteroatoms. The van der Waals surface area contributed by atoms with Crippen molar-refractivity contribution in [3.05, 3.63) is 90.9 Å². The van der Waals surface area contributed by atoms with Crippen molar-refractivity contribution >= 4 is 17.6 Å². The molecule has 31 heavy (non-hydrogen) atoms. The van der Waals surface area contributed by atoms with Crippen LogP contribution in [-0.2, 0) is 18.9 Å². The second kappa shape index (κ2) is 10.0. The summed E-state index contributed by atoms with van der Waals surface area (Å²) < 4.78 is 78.4. The van der Waals surface area contributed by atoms with Crippen molar-refractivity contribution in [2.75, 3.05) is 0 Å². The van der Waals surface area contributed by atoms with Crippen LogP contribution in [0.5, 0.6) is 0 Å². The summed E-state index contributed by atoms with van der Waals surface area (Å²) in [7, 11) is 0. The number of nitrogens with zero attached hydrogens (tertiary/aromatic N) is 3. The number of hydrogen-bond donors (Lipinski definition) is 0. The Morgan fingerprint density at radius 1 is 0.968 bits per heavy atom. The Hall–Kier alpha value is -3.48. The summed E-state index contributed by atoms with van der Waals surface area (Å²) >= 11 is 0. The van der Waals surface area contributed by atoms with Gasteiger partial charge in [-0.05, 0) is 0 Å². The van der Waals surface area contributed by atoms with Crippen LogP contribution in [0.1, 0.15) is 11.1 Å². The third-order valence-electron chi connectivity index (χ3n) is 4.19. The highest BCUT2D eigenvalue weighted by Gasteiger charge is 2.33. The van der Waals surface area contributed by atoms with Gasteiger partial charge in [-0.2, -0.15) is 31.6 Å². The fourth-order valence-corrected chi connectivity index (χ4v) is 2.74. The summed E-state index contributed by atoms with van der Waals surface area (Å²) in [6.07, 6.45) is -4.02. The number of rotatable bonds is 4. The van der Waals surface area contributed by atoms with Crippen LogP contribution in [0.25, 0.3) is 0 Å². The maximum atomic E-state index is 12.8. The number of imidazole rings is 1. The number of halogens is 6. The van der Waals surface area contributed by atoms with E-state index in [1.807, 2.05) is 6.07 Å². The van der Waals surface area contributed by atoms with Crippen molar-refractivity contribution < 1.29 is 26.3 Å². The van der Waals surface area contributed by atoms with E-state index in [0.29, 0.717) is 6.54 Å². The Bertz CT molecular complexity index is 979. The summed E-state index contributed by atoms with van der Waals surface area (Å²) in [5, 5.41) is 8.14. The Labute approximate surface area is 175 Å². The minimum absolute atomic E-state index is 0.231. The van der Waals surface area contributed by atoms with E-state index in [2.05, 4.69) is 11.6 Å². The van der Waals surface area contributed by atoms with Crippen LogP contribution in [-0.4, -0.2) is 16.3 Å². The van der Waals surface area contributed by atoms with Gasteiger partial charge in [0.15, 0.2) is 0 Å².